The van der Waals surface area contributed by atoms with Gasteiger partial charge in [0.25, 0.3) is 11.8 Å². The van der Waals surface area contributed by atoms with Crippen molar-refractivity contribution in [3.05, 3.63) is 45.9 Å². The Morgan fingerprint density at radius 3 is 2.48 bits per heavy atom. The van der Waals surface area contributed by atoms with Crippen molar-refractivity contribution < 1.29 is 19.5 Å². The van der Waals surface area contributed by atoms with E-state index in [0.717, 1.165) is 17.8 Å². The molecule has 2 amide bonds. The first kappa shape index (κ1) is 18.6. The molecule has 0 saturated heterocycles. The van der Waals surface area contributed by atoms with E-state index in [4.69, 9.17) is 5.11 Å². The van der Waals surface area contributed by atoms with Crippen molar-refractivity contribution in [1.29, 1.82) is 0 Å². The fourth-order valence-electron chi connectivity index (χ4n) is 1.98. The predicted octanol–water partition coefficient (Wildman–Crippen LogP) is 2.55. The predicted molar refractivity (Wildman–Crippen MR) is 95.1 cm³/mol. The summed E-state index contributed by atoms with van der Waals surface area (Å²) in [4.78, 5) is 39.6. The Balaban J connectivity index is 1.98. The maximum absolute atomic E-state index is 12.2. The number of thiazole rings is 1. The molecule has 0 aliphatic carbocycles. The number of carboxylic acid groups (broad SMARTS) is 1. The number of nitrogens with zero attached hydrogens (tertiary/aromatic N) is 1. The second-order valence-electron chi connectivity index (χ2n) is 5.43. The van der Waals surface area contributed by atoms with Crippen LogP contribution in [0.5, 0.6) is 0 Å². The lowest BCUT2D eigenvalue weighted by molar-refractivity contribution is -0.138. The topological polar surface area (TPSA) is 108 Å². The number of anilines is 1. The van der Waals surface area contributed by atoms with E-state index in [-0.39, 0.29) is 5.91 Å². The van der Waals surface area contributed by atoms with Gasteiger partial charge < -0.3 is 15.7 Å². The zero-order valence-electron chi connectivity index (χ0n) is 13.9. The molecular formula is C17H19N3O4S. The minimum atomic E-state index is -1.11. The van der Waals surface area contributed by atoms with Crippen LogP contribution in [0.3, 0.4) is 0 Å². The quantitative estimate of drug-likeness (QED) is 0.702. The van der Waals surface area contributed by atoms with Crippen LogP contribution in [0, 0.1) is 0 Å². The summed E-state index contributed by atoms with van der Waals surface area (Å²) in [6, 6.07) is 5.25. The molecule has 0 aliphatic rings. The molecule has 3 N–H and O–H groups in total. The summed E-state index contributed by atoms with van der Waals surface area (Å²) in [5.41, 5.74) is 0.854. The molecule has 8 heteroatoms. The first-order valence-corrected chi connectivity index (χ1v) is 8.62. The Labute approximate surface area is 149 Å². The Bertz CT molecular complexity index is 770. The summed E-state index contributed by atoms with van der Waals surface area (Å²) in [5.74, 6) is -1.85. The smallest absolute Gasteiger partial charge is 0.325 e. The number of rotatable bonds is 7. The van der Waals surface area contributed by atoms with E-state index in [1.165, 1.54) is 30.4 Å². The fourth-order valence-corrected chi connectivity index (χ4v) is 2.90. The average Bonchev–Trinajstić information content (AvgIpc) is 3.04. The molecule has 1 unspecified atom stereocenters. The van der Waals surface area contributed by atoms with Crippen molar-refractivity contribution in [1.82, 2.24) is 10.3 Å². The van der Waals surface area contributed by atoms with Gasteiger partial charge in [-0.1, -0.05) is 6.92 Å². The summed E-state index contributed by atoms with van der Waals surface area (Å²) in [6.45, 7) is 3.44. The van der Waals surface area contributed by atoms with Gasteiger partial charge in [0.05, 0.1) is 11.2 Å². The Hall–Kier alpha value is -2.74. The van der Waals surface area contributed by atoms with Crippen LogP contribution in [-0.4, -0.2) is 33.9 Å². The SMILES string of the molecule is CCCc1ncc(C(=O)Nc2ccc(C(=O)NC(C)C(=O)O)cc2)s1. The van der Waals surface area contributed by atoms with Crippen LogP contribution >= 0.6 is 11.3 Å². The third-order valence-electron chi connectivity index (χ3n) is 3.36. The molecule has 1 aromatic carbocycles. The van der Waals surface area contributed by atoms with Crippen LogP contribution in [0.15, 0.2) is 30.5 Å². The molecule has 0 saturated carbocycles. The van der Waals surface area contributed by atoms with Crippen molar-refractivity contribution >= 4 is 34.8 Å². The number of carboxylic acids is 1. The highest BCUT2D eigenvalue weighted by atomic mass is 32.1. The molecule has 7 nitrogen and oxygen atoms in total. The maximum atomic E-state index is 12.2. The summed E-state index contributed by atoms with van der Waals surface area (Å²) >= 11 is 1.36. The fraction of sp³-hybridized carbons (Fsp3) is 0.294. The second kappa shape index (κ2) is 8.39. The first-order valence-electron chi connectivity index (χ1n) is 7.80. The summed E-state index contributed by atoms with van der Waals surface area (Å²) in [7, 11) is 0. The van der Waals surface area contributed by atoms with Crippen LogP contribution in [0.4, 0.5) is 5.69 Å². The molecule has 25 heavy (non-hydrogen) atoms. The summed E-state index contributed by atoms with van der Waals surface area (Å²) in [5, 5.41) is 14.8. The van der Waals surface area contributed by atoms with Crippen molar-refractivity contribution in [2.24, 2.45) is 0 Å². The normalized spacial score (nSPS) is 11.6. The van der Waals surface area contributed by atoms with Gasteiger partial charge >= 0.3 is 5.97 Å². The molecule has 0 spiro atoms. The number of nitrogens with one attached hydrogen (secondary N) is 2. The van der Waals surface area contributed by atoms with Gasteiger partial charge in [-0.3, -0.25) is 14.4 Å². The van der Waals surface area contributed by atoms with Crippen LogP contribution in [0.1, 0.15) is 45.3 Å². The Morgan fingerprint density at radius 2 is 1.88 bits per heavy atom. The van der Waals surface area contributed by atoms with Gasteiger partial charge in [0.15, 0.2) is 0 Å². The zero-order valence-corrected chi connectivity index (χ0v) is 14.7. The molecular weight excluding hydrogens is 342 g/mol. The Morgan fingerprint density at radius 1 is 1.20 bits per heavy atom. The lowest BCUT2D eigenvalue weighted by Gasteiger charge is -2.10. The van der Waals surface area contributed by atoms with Crippen LogP contribution in [0.2, 0.25) is 0 Å². The summed E-state index contributed by atoms with van der Waals surface area (Å²) < 4.78 is 0. The van der Waals surface area contributed by atoms with Gasteiger partial charge in [-0.25, -0.2) is 4.98 Å². The van der Waals surface area contributed by atoms with Crippen molar-refractivity contribution in [2.75, 3.05) is 5.32 Å². The number of carbonyl (C=O) groups excluding carboxylic acids is 2. The van der Waals surface area contributed by atoms with Gasteiger partial charge in [0.1, 0.15) is 10.9 Å². The van der Waals surface area contributed by atoms with E-state index >= 15 is 0 Å². The van der Waals surface area contributed by atoms with Gasteiger partial charge in [-0.05, 0) is 44.0 Å². The van der Waals surface area contributed by atoms with E-state index in [1.54, 1.807) is 18.3 Å². The third-order valence-corrected chi connectivity index (χ3v) is 4.42. The number of hydrogen-bond donors (Lipinski definition) is 3. The summed E-state index contributed by atoms with van der Waals surface area (Å²) in [6.07, 6.45) is 3.37. The molecule has 0 fully saturated rings. The highest BCUT2D eigenvalue weighted by Gasteiger charge is 2.15. The van der Waals surface area contributed by atoms with Gasteiger partial charge in [0.2, 0.25) is 0 Å². The largest absolute Gasteiger partial charge is 0.480 e. The van der Waals surface area contributed by atoms with Crippen molar-refractivity contribution in [3.63, 3.8) is 0 Å². The molecule has 0 radical (unpaired) electrons. The number of carbonyl (C=O) groups is 3. The van der Waals surface area contributed by atoms with E-state index in [9.17, 15) is 14.4 Å². The monoisotopic (exact) mass is 361 g/mol. The van der Waals surface area contributed by atoms with Crippen LogP contribution < -0.4 is 10.6 Å². The van der Waals surface area contributed by atoms with E-state index in [0.29, 0.717) is 16.1 Å². The lowest BCUT2D eigenvalue weighted by atomic mass is 10.2. The molecule has 132 valence electrons. The Kier molecular flexibility index (Phi) is 6.24. The van der Waals surface area contributed by atoms with Crippen LogP contribution in [0.25, 0.3) is 0 Å². The molecule has 1 aromatic heterocycles. The number of hydrogen-bond acceptors (Lipinski definition) is 5. The van der Waals surface area contributed by atoms with Crippen molar-refractivity contribution in [2.45, 2.75) is 32.7 Å². The average molecular weight is 361 g/mol. The van der Waals surface area contributed by atoms with Gasteiger partial charge in [0, 0.05) is 11.3 Å². The lowest BCUT2D eigenvalue weighted by Crippen LogP contribution is -2.38. The molecule has 1 heterocycles. The minimum Gasteiger partial charge on any atom is -0.480 e. The number of amides is 2. The van der Waals surface area contributed by atoms with Crippen molar-refractivity contribution in [3.8, 4) is 0 Å². The first-order chi connectivity index (χ1) is 11.9. The van der Waals surface area contributed by atoms with E-state index < -0.39 is 17.9 Å². The molecule has 0 aliphatic heterocycles. The standard InChI is InChI=1S/C17H19N3O4S/c1-3-4-14-18-9-13(25-14)16(22)20-12-7-5-11(6-8-12)15(21)19-10(2)17(23)24/h5-10H,3-4H2,1-2H3,(H,19,21)(H,20,22)(H,23,24). The van der Waals surface area contributed by atoms with Crippen LogP contribution in [-0.2, 0) is 11.2 Å². The number of aromatic nitrogens is 1. The third kappa shape index (κ3) is 5.12. The van der Waals surface area contributed by atoms with Gasteiger partial charge in [-0.2, -0.15) is 0 Å². The second-order valence-corrected chi connectivity index (χ2v) is 6.55. The molecule has 0 bridgehead atoms. The van der Waals surface area contributed by atoms with Gasteiger partial charge in [-0.15, -0.1) is 11.3 Å². The number of aliphatic carboxylic acids is 1. The highest BCUT2D eigenvalue weighted by molar-refractivity contribution is 7.13. The highest BCUT2D eigenvalue weighted by Crippen LogP contribution is 2.17. The number of benzene rings is 1. The minimum absolute atomic E-state index is 0.253. The molecule has 1 atom stereocenters. The zero-order chi connectivity index (χ0) is 18.4. The van der Waals surface area contributed by atoms with E-state index in [2.05, 4.69) is 22.5 Å². The van der Waals surface area contributed by atoms with E-state index in [1.807, 2.05) is 0 Å². The number of aryl methyl sites for hydroxylation is 1. The molecule has 2 aromatic rings. The maximum Gasteiger partial charge on any atom is 0.325 e. The molecule has 2 rings (SSSR count).